The van der Waals surface area contributed by atoms with Gasteiger partial charge in [0.2, 0.25) is 47.8 Å². The first-order valence-electron chi connectivity index (χ1n) is 42.1. The standard InChI is InChI=1S/2C31H38N4O4S.C30H36N4O4S/c1-21(2)35-18-8-14-28(35)31(37)34-19-16-23(17-20-34)33-40(38,39)29-15-7-11-25-26(29)12-6-13-27(25)32-30(36)24-10-5-4-9-22(24)3;1-3-18-34-19-8-14-28(34)31(37)35-20-16-23(17-21-35)33-40(38,39)29-15-7-11-25-26(29)12-6-13-27(25)32-30(36)24-10-5-4-9-22(24)2;1-3-33-18-8-14-27(33)30(36)34-19-16-22(17-20-34)32-39(37,38)28-15-7-11-24-25(28)12-6-13-26(24)31-29(35)23-10-5-4-9-21(23)2/h4-7,9-13,15,21,23,28,33H,8,14,16-20H2,1-3H3,(H,32,36);4-7,9-13,15,23,28,33H,3,8,14,16-21H2,1-2H3,(H,32,36);4-7,9-13,15,22,27,32H,3,8,14,16-20H2,1-2H3,(H,31,35)/t2*28-;27-/m001/s1. The van der Waals surface area contributed by atoms with E-state index in [0.29, 0.717) is 150 Å². The van der Waals surface area contributed by atoms with E-state index in [1.165, 1.54) is 0 Å². The van der Waals surface area contributed by atoms with Crippen molar-refractivity contribution in [1.82, 2.24) is 43.6 Å². The summed E-state index contributed by atoms with van der Waals surface area (Å²) in [7, 11) is -11.5. The second kappa shape index (κ2) is 38.7. The Balaban J connectivity index is 0.000000155. The summed E-state index contributed by atoms with van der Waals surface area (Å²) >= 11 is 0. The molecular formula is C92H112N12O12S3. The topological polar surface area (TPSA) is 296 Å². The Labute approximate surface area is 700 Å². The number of nitrogens with one attached hydrogen (secondary N) is 6. The van der Waals surface area contributed by atoms with Crippen LogP contribution in [0.15, 0.2) is 197 Å². The number of likely N-dealkylation sites (tertiary alicyclic amines) is 6. The SMILES string of the molecule is CCCN1CCC[C@H]1C(=O)N1CCC(NS(=O)(=O)c2cccc3c(NC(=O)c4ccccc4C)cccc23)CC1.CCN1CCC[C@@H]1C(=O)N1CCC(NS(=O)(=O)c2cccc3c(NC(=O)c4ccccc4C)cccc23)CC1.Cc1ccccc1C(=O)Nc1cccc2c(S(=O)(=O)NC3CCN(C(=O)[C@@H]4CCCN4C(C)C)CC3)cccc12. The molecule has 24 nitrogen and oxygen atoms in total. The number of carbonyl (C=O) groups excluding carboxylic acids is 6. The first-order valence-corrected chi connectivity index (χ1v) is 46.5. The third-order valence-electron chi connectivity index (χ3n) is 24.3. The second-order valence-corrected chi connectivity index (χ2v) is 37.5. The van der Waals surface area contributed by atoms with E-state index in [-0.39, 0.29) is 86.4 Å². The van der Waals surface area contributed by atoms with Crippen LogP contribution in [0.25, 0.3) is 32.3 Å². The van der Waals surface area contributed by atoms with Crippen LogP contribution in [0.3, 0.4) is 0 Å². The molecule has 119 heavy (non-hydrogen) atoms. The van der Waals surface area contributed by atoms with Crippen molar-refractivity contribution in [3.8, 4) is 0 Å². The number of fused-ring (bicyclic) bond motifs is 3. The van der Waals surface area contributed by atoms with Crippen LogP contribution in [-0.4, -0.2) is 204 Å². The fourth-order valence-electron chi connectivity index (χ4n) is 17.9. The minimum atomic E-state index is -3.84. The summed E-state index contributed by atoms with van der Waals surface area (Å²) in [6.45, 7) is 22.1. The number of likely N-dealkylation sites (N-methyl/N-ethyl adjacent to an activating group) is 1. The van der Waals surface area contributed by atoms with Crippen molar-refractivity contribution in [3.63, 3.8) is 0 Å². The normalized spacial score (nSPS) is 18.9. The molecule has 0 unspecified atom stereocenters. The van der Waals surface area contributed by atoms with Gasteiger partial charge in [-0.15, -0.1) is 0 Å². The van der Waals surface area contributed by atoms with Crippen LogP contribution in [0.1, 0.15) is 159 Å². The number of carbonyl (C=O) groups is 6. The van der Waals surface area contributed by atoms with Gasteiger partial charge in [-0.25, -0.2) is 39.4 Å². The maximum Gasteiger partial charge on any atom is 0.255 e. The van der Waals surface area contributed by atoms with E-state index in [9.17, 15) is 54.0 Å². The predicted molar refractivity (Wildman–Crippen MR) is 469 cm³/mol. The highest BCUT2D eigenvalue weighted by Crippen LogP contribution is 2.36. The Morgan fingerprint density at radius 1 is 0.345 bits per heavy atom. The van der Waals surface area contributed by atoms with Gasteiger partial charge < -0.3 is 30.7 Å². The average molecular weight is 1670 g/mol. The summed E-state index contributed by atoms with van der Waals surface area (Å²) < 4.78 is 90.0. The highest BCUT2D eigenvalue weighted by Gasteiger charge is 2.40. The molecule has 3 atom stereocenters. The van der Waals surface area contributed by atoms with Gasteiger partial charge in [0.25, 0.3) is 17.7 Å². The van der Waals surface area contributed by atoms with Gasteiger partial charge in [0, 0.05) is 130 Å². The number of anilines is 3. The van der Waals surface area contributed by atoms with Gasteiger partial charge in [0.15, 0.2) is 0 Å². The average Bonchev–Trinajstić information content (AvgIpc) is 1.52. The minimum absolute atomic E-state index is 0.0376. The van der Waals surface area contributed by atoms with Gasteiger partial charge in [-0.1, -0.05) is 141 Å². The monoisotopic (exact) mass is 1670 g/mol. The lowest BCUT2D eigenvalue weighted by Crippen LogP contribution is -2.52. The summed E-state index contributed by atoms with van der Waals surface area (Å²) in [5, 5.41) is 12.5. The van der Waals surface area contributed by atoms with E-state index in [2.05, 4.69) is 72.5 Å². The Morgan fingerprint density at radius 2 is 0.639 bits per heavy atom. The Kier molecular flexibility index (Phi) is 28.3. The van der Waals surface area contributed by atoms with Gasteiger partial charge >= 0.3 is 0 Å². The quantitative estimate of drug-likeness (QED) is 0.0368. The van der Waals surface area contributed by atoms with Crippen LogP contribution in [0, 0.1) is 20.8 Å². The van der Waals surface area contributed by atoms with Crippen molar-refractivity contribution in [2.75, 3.05) is 87.9 Å². The van der Waals surface area contributed by atoms with E-state index >= 15 is 0 Å². The van der Waals surface area contributed by atoms with E-state index < -0.39 is 30.1 Å². The maximum absolute atomic E-state index is 13.6. The van der Waals surface area contributed by atoms with Crippen LogP contribution in [0.4, 0.5) is 17.1 Å². The van der Waals surface area contributed by atoms with Crippen molar-refractivity contribution in [1.29, 1.82) is 0 Å². The molecule has 6 fully saturated rings. The molecule has 6 aliphatic heterocycles. The maximum atomic E-state index is 13.6. The van der Waals surface area contributed by atoms with Crippen molar-refractivity contribution in [2.45, 2.75) is 189 Å². The predicted octanol–water partition coefficient (Wildman–Crippen LogP) is 13.2. The lowest BCUT2D eigenvalue weighted by molar-refractivity contribution is -0.138. The lowest BCUT2D eigenvalue weighted by atomic mass is 10.0. The summed E-state index contributed by atoms with van der Waals surface area (Å²) in [5.74, 6) is -0.206. The molecule has 630 valence electrons. The van der Waals surface area contributed by atoms with E-state index in [0.717, 1.165) is 94.4 Å². The number of hydrogen-bond donors (Lipinski definition) is 6. The molecule has 6 N–H and O–H groups in total. The summed E-state index contributed by atoms with van der Waals surface area (Å²) in [6, 6.07) is 52.7. The first-order chi connectivity index (χ1) is 57.2. The molecule has 9 aromatic rings. The van der Waals surface area contributed by atoms with Crippen molar-refractivity contribution in [2.24, 2.45) is 0 Å². The van der Waals surface area contributed by atoms with Crippen molar-refractivity contribution < 1.29 is 54.0 Å². The number of benzene rings is 9. The van der Waals surface area contributed by atoms with Crippen LogP contribution in [-0.2, 0) is 44.5 Å². The van der Waals surface area contributed by atoms with Crippen LogP contribution < -0.4 is 30.1 Å². The highest BCUT2D eigenvalue weighted by atomic mass is 32.2. The Morgan fingerprint density at radius 3 is 0.966 bits per heavy atom. The summed E-state index contributed by atoms with van der Waals surface area (Å²) in [4.78, 5) is 91.3. The van der Waals surface area contributed by atoms with Gasteiger partial charge in [-0.3, -0.25) is 43.5 Å². The van der Waals surface area contributed by atoms with Gasteiger partial charge in [0.05, 0.1) is 32.8 Å². The van der Waals surface area contributed by atoms with Gasteiger partial charge in [-0.05, 0) is 222 Å². The fourth-order valence-corrected chi connectivity index (χ4v) is 22.5. The molecule has 0 saturated carbocycles. The molecule has 0 spiro atoms. The highest BCUT2D eigenvalue weighted by molar-refractivity contribution is 7.90. The molecule has 0 radical (unpaired) electrons. The summed E-state index contributed by atoms with van der Waals surface area (Å²) in [5.41, 5.74) is 5.96. The molecule has 27 heteroatoms. The molecule has 9 aromatic carbocycles. The van der Waals surface area contributed by atoms with E-state index in [4.69, 9.17) is 0 Å². The Bertz CT molecular complexity index is 5570. The Hall–Kier alpha value is -9.81. The van der Waals surface area contributed by atoms with Crippen molar-refractivity contribution in [3.05, 3.63) is 215 Å². The largest absolute Gasteiger partial charge is 0.341 e. The van der Waals surface area contributed by atoms with Crippen LogP contribution >= 0.6 is 0 Å². The molecule has 6 saturated heterocycles. The third kappa shape index (κ3) is 20.3. The van der Waals surface area contributed by atoms with Crippen LogP contribution in [0.5, 0.6) is 0 Å². The minimum Gasteiger partial charge on any atom is -0.341 e. The molecular weight excluding hydrogens is 1560 g/mol. The van der Waals surface area contributed by atoms with Gasteiger partial charge in [-0.2, -0.15) is 0 Å². The van der Waals surface area contributed by atoms with Gasteiger partial charge in [0.1, 0.15) is 0 Å². The molecule has 0 bridgehead atoms. The number of sulfonamides is 3. The first kappa shape index (κ1) is 87.0. The number of aryl methyl sites for hydroxylation is 3. The molecule has 15 rings (SSSR count). The number of piperidine rings is 3. The summed E-state index contributed by atoms with van der Waals surface area (Å²) in [6.07, 6.45) is 10.3. The number of rotatable bonds is 22. The van der Waals surface area contributed by atoms with E-state index in [1.54, 1.807) is 109 Å². The van der Waals surface area contributed by atoms with E-state index in [1.807, 2.05) is 108 Å². The zero-order valence-electron chi connectivity index (χ0n) is 69.1. The molecule has 6 aliphatic rings. The van der Waals surface area contributed by atoms with Crippen LogP contribution in [0.2, 0.25) is 0 Å². The smallest absolute Gasteiger partial charge is 0.255 e. The number of amides is 6. The molecule has 0 aromatic heterocycles. The second-order valence-electron chi connectivity index (χ2n) is 32.4. The number of hydrogen-bond acceptors (Lipinski definition) is 15. The molecule has 6 amide bonds. The third-order valence-corrected chi connectivity index (χ3v) is 29.0. The molecule has 0 aliphatic carbocycles. The number of nitrogens with zero attached hydrogens (tertiary/aromatic N) is 6. The zero-order chi connectivity index (χ0) is 84.3. The lowest BCUT2D eigenvalue weighted by Gasteiger charge is -2.36. The zero-order valence-corrected chi connectivity index (χ0v) is 71.6. The fraction of sp³-hybridized carbons (Fsp3) is 0.413. The molecule has 6 heterocycles. The van der Waals surface area contributed by atoms with Crippen molar-refractivity contribution >= 4 is 115 Å².